The van der Waals surface area contributed by atoms with Gasteiger partial charge in [0.25, 0.3) is 0 Å². The molecular weight excluding hydrogens is 204 g/mol. The van der Waals surface area contributed by atoms with E-state index in [2.05, 4.69) is 5.32 Å². The number of amides is 1. The van der Waals surface area contributed by atoms with Gasteiger partial charge in [-0.2, -0.15) is 0 Å². The SMILES string of the molecule is Cl.NC(CO)C(=O)NC1CCCCC1. The van der Waals surface area contributed by atoms with Crippen molar-refractivity contribution in [1.82, 2.24) is 5.32 Å². The van der Waals surface area contributed by atoms with Gasteiger partial charge in [0.15, 0.2) is 0 Å². The summed E-state index contributed by atoms with van der Waals surface area (Å²) >= 11 is 0. The average Bonchev–Trinajstić information content (AvgIpc) is 2.18. The molecule has 1 atom stereocenters. The summed E-state index contributed by atoms with van der Waals surface area (Å²) in [4.78, 5) is 11.2. The molecule has 1 fully saturated rings. The summed E-state index contributed by atoms with van der Waals surface area (Å²) in [5, 5.41) is 11.5. The third-order valence-corrected chi connectivity index (χ3v) is 2.49. The van der Waals surface area contributed by atoms with Gasteiger partial charge < -0.3 is 16.2 Å². The molecule has 0 heterocycles. The van der Waals surface area contributed by atoms with Crippen LogP contribution in [0.15, 0.2) is 0 Å². The Morgan fingerprint density at radius 3 is 2.50 bits per heavy atom. The number of halogens is 1. The molecule has 1 aliphatic rings. The van der Waals surface area contributed by atoms with Crippen LogP contribution in [0.4, 0.5) is 0 Å². The fourth-order valence-electron chi connectivity index (χ4n) is 1.64. The number of hydrogen-bond acceptors (Lipinski definition) is 3. The maximum atomic E-state index is 11.2. The summed E-state index contributed by atoms with van der Waals surface area (Å²) in [5.41, 5.74) is 5.37. The molecule has 4 nitrogen and oxygen atoms in total. The van der Waals surface area contributed by atoms with Crippen LogP contribution in [-0.2, 0) is 4.79 Å². The van der Waals surface area contributed by atoms with E-state index in [1.807, 2.05) is 0 Å². The van der Waals surface area contributed by atoms with Gasteiger partial charge in [-0.05, 0) is 12.8 Å². The smallest absolute Gasteiger partial charge is 0.239 e. The molecule has 0 aromatic rings. The van der Waals surface area contributed by atoms with Crippen LogP contribution in [0, 0.1) is 0 Å². The molecule has 1 amide bonds. The second-order valence-electron chi connectivity index (χ2n) is 3.63. The lowest BCUT2D eigenvalue weighted by molar-refractivity contribution is -0.124. The van der Waals surface area contributed by atoms with Gasteiger partial charge in [0, 0.05) is 6.04 Å². The highest BCUT2D eigenvalue weighted by molar-refractivity contribution is 5.85. The predicted octanol–water partition coefficient (Wildman–Crippen LogP) is 0.177. The summed E-state index contributed by atoms with van der Waals surface area (Å²) in [6.45, 7) is -0.279. The van der Waals surface area contributed by atoms with E-state index in [-0.39, 0.29) is 31.0 Å². The Bertz CT molecular complexity index is 172. The zero-order valence-electron chi connectivity index (χ0n) is 8.24. The third-order valence-electron chi connectivity index (χ3n) is 2.49. The van der Waals surface area contributed by atoms with Gasteiger partial charge in [0.05, 0.1) is 6.61 Å². The lowest BCUT2D eigenvalue weighted by Gasteiger charge is -2.23. The minimum absolute atomic E-state index is 0. The van der Waals surface area contributed by atoms with Gasteiger partial charge in [-0.3, -0.25) is 4.79 Å². The van der Waals surface area contributed by atoms with E-state index in [1.54, 1.807) is 0 Å². The minimum atomic E-state index is -0.762. The van der Waals surface area contributed by atoms with Crippen molar-refractivity contribution in [2.24, 2.45) is 5.73 Å². The topological polar surface area (TPSA) is 75.3 Å². The first-order valence-corrected chi connectivity index (χ1v) is 4.91. The molecule has 1 aliphatic carbocycles. The molecule has 0 spiro atoms. The van der Waals surface area contributed by atoms with Crippen molar-refractivity contribution in [3.05, 3.63) is 0 Å². The van der Waals surface area contributed by atoms with Crippen molar-refractivity contribution >= 4 is 18.3 Å². The summed E-state index contributed by atoms with van der Waals surface area (Å²) in [6.07, 6.45) is 5.71. The van der Waals surface area contributed by atoms with Crippen LogP contribution in [0.2, 0.25) is 0 Å². The van der Waals surface area contributed by atoms with Crippen LogP contribution >= 0.6 is 12.4 Å². The van der Waals surface area contributed by atoms with Crippen LogP contribution in [-0.4, -0.2) is 29.7 Å². The lowest BCUT2D eigenvalue weighted by atomic mass is 9.95. The first-order valence-electron chi connectivity index (χ1n) is 4.91. The van der Waals surface area contributed by atoms with Gasteiger partial charge in [-0.1, -0.05) is 19.3 Å². The van der Waals surface area contributed by atoms with Crippen LogP contribution in [0.3, 0.4) is 0 Å². The molecule has 4 N–H and O–H groups in total. The summed E-state index contributed by atoms with van der Waals surface area (Å²) in [7, 11) is 0. The number of aliphatic hydroxyl groups excluding tert-OH is 1. The molecule has 1 saturated carbocycles. The van der Waals surface area contributed by atoms with E-state index in [0.29, 0.717) is 0 Å². The lowest BCUT2D eigenvalue weighted by Crippen LogP contribution is -2.47. The molecule has 0 saturated heterocycles. The molecule has 0 radical (unpaired) electrons. The van der Waals surface area contributed by atoms with E-state index in [0.717, 1.165) is 12.8 Å². The van der Waals surface area contributed by atoms with Crippen LogP contribution in [0.25, 0.3) is 0 Å². The molecule has 5 heteroatoms. The van der Waals surface area contributed by atoms with Crippen molar-refractivity contribution in [3.8, 4) is 0 Å². The first-order chi connectivity index (χ1) is 6.24. The number of nitrogens with one attached hydrogen (secondary N) is 1. The van der Waals surface area contributed by atoms with Gasteiger partial charge in [0.1, 0.15) is 6.04 Å². The van der Waals surface area contributed by atoms with Crippen molar-refractivity contribution in [2.45, 2.75) is 44.2 Å². The van der Waals surface area contributed by atoms with Gasteiger partial charge >= 0.3 is 0 Å². The fraction of sp³-hybridized carbons (Fsp3) is 0.889. The Hall–Kier alpha value is -0.320. The van der Waals surface area contributed by atoms with Crippen LogP contribution in [0.1, 0.15) is 32.1 Å². The summed E-state index contributed by atoms with van der Waals surface area (Å²) in [6, 6.07) is -0.485. The van der Waals surface area contributed by atoms with Crippen molar-refractivity contribution in [1.29, 1.82) is 0 Å². The van der Waals surface area contributed by atoms with E-state index >= 15 is 0 Å². The number of nitrogens with two attached hydrogens (primary N) is 1. The number of rotatable bonds is 3. The largest absolute Gasteiger partial charge is 0.394 e. The van der Waals surface area contributed by atoms with Crippen molar-refractivity contribution < 1.29 is 9.90 Å². The van der Waals surface area contributed by atoms with E-state index in [4.69, 9.17) is 10.8 Å². The molecule has 84 valence electrons. The standard InChI is InChI=1S/C9H18N2O2.ClH/c10-8(6-12)9(13)11-7-4-2-1-3-5-7;/h7-8,12H,1-6,10H2,(H,11,13);1H. The van der Waals surface area contributed by atoms with Crippen LogP contribution < -0.4 is 11.1 Å². The fourth-order valence-corrected chi connectivity index (χ4v) is 1.64. The quantitative estimate of drug-likeness (QED) is 0.638. The maximum Gasteiger partial charge on any atom is 0.239 e. The molecular formula is C9H19ClN2O2. The van der Waals surface area contributed by atoms with E-state index < -0.39 is 6.04 Å². The highest BCUT2D eigenvalue weighted by atomic mass is 35.5. The van der Waals surface area contributed by atoms with E-state index in [9.17, 15) is 4.79 Å². The molecule has 0 bridgehead atoms. The van der Waals surface area contributed by atoms with Crippen molar-refractivity contribution in [3.63, 3.8) is 0 Å². The minimum Gasteiger partial charge on any atom is -0.394 e. The zero-order chi connectivity index (χ0) is 9.68. The van der Waals surface area contributed by atoms with Gasteiger partial charge in [-0.15, -0.1) is 12.4 Å². The molecule has 0 aromatic heterocycles. The number of aliphatic hydroxyl groups is 1. The maximum absolute atomic E-state index is 11.2. The van der Waals surface area contributed by atoms with Gasteiger partial charge in [-0.25, -0.2) is 0 Å². The monoisotopic (exact) mass is 222 g/mol. The Balaban J connectivity index is 0.00000169. The molecule has 0 aliphatic heterocycles. The number of carbonyl (C=O) groups excluding carboxylic acids is 1. The predicted molar refractivity (Wildman–Crippen MR) is 57.3 cm³/mol. The molecule has 1 rings (SSSR count). The number of carbonyl (C=O) groups is 1. The molecule has 0 aromatic carbocycles. The Kier molecular flexibility index (Phi) is 6.87. The highest BCUT2D eigenvalue weighted by Gasteiger charge is 2.18. The third kappa shape index (κ3) is 4.26. The van der Waals surface area contributed by atoms with Crippen LogP contribution in [0.5, 0.6) is 0 Å². The first kappa shape index (κ1) is 13.7. The Morgan fingerprint density at radius 1 is 1.43 bits per heavy atom. The van der Waals surface area contributed by atoms with E-state index in [1.165, 1.54) is 19.3 Å². The second-order valence-corrected chi connectivity index (χ2v) is 3.63. The molecule has 14 heavy (non-hydrogen) atoms. The zero-order valence-corrected chi connectivity index (χ0v) is 9.05. The second kappa shape index (κ2) is 7.04. The van der Waals surface area contributed by atoms with Crippen molar-refractivity contribution in [2.75, 3.05) is 6.61 Å². The average molecular weight is 223 g/mol. The highest BCUT2D eigenvalue weighted by Crippen LogP contribution is 2.17. The summed E-state index contributed by atoms with van der Waals surface area (Å²) < 4.78 is 0. The van der Waals surface area contributed by atoms with Gasteiger partial charge in [0.2, 0.25) is 5.91 Å². The number of hydrogen-bond donors (Lipinski definition) is 3. The normalized spacial score (nSPS) is 19.6. The Morgan fingerprint density at radius 2 is 2.00 bits per heavy atom. The Labute approximate surface area is 90.7 Å². The molecule has 1 unspecified atom stereocenters. The summed E-state index contributed by atoms with van der Waals surface area (Å²) in [5.74, 6) is -0.227.